The normalized spacial score (nSPS) is 23.4. The van der Waals surface area contributed by atoms with Crippen LogP contribution in [0.15, 0.2) is 12.8 Å². The van der Waals surface area contributed by atoms with Crippen molar-refractivity contribution >= 4 is 0 Å². The fourth-order valence-corrected chi connectivity index (χ4v) is 0.990. The van der Waals surface area contributed by atoms with Crippen LogP contribution in [-0.2, 0) is 9.47 Å². The second-order valence-electron chi connectivity index (χ2n) is 2.46. The summed E-state index contributed by atoms with van der Waals surface area (Å²) in [5.41, 5.74) is 0. The largest absolute Gasteiger partial charge is 0.502 e. The molecule has 1 unspecified atom stereocenters. The van der Waals surface area contributed by atoms with Gasteiger partial charge in [-0.2, -0.15) is 0 Å². The highest BCUT2D eigenvalue weighted by molar-refractivity contribution is 4.65. The van der Waals surface area contributed by atoms with Gasteiger partial charge in [-0.1, -0.05) is 6.58 Å². The molecule has 0 aromatic rings. The van der Waals surface area contributed by atoms with E-state index in [1.165, 1.54) is 12.7 Å². The van der Waals surface area contributed by atoms with Gasteiger partial charge in [0.05, 0.1) is 19.0 Å². The molecular weight excluding hydrogens is 128 g/mol. The van der Waals surface area contributed by atoms with E-state index < -0.39 is 0 Å². The van der Waals surface area contributed by atoms with Crippen molar-refractivity contribution in [1.82, 2.24) is 0 Å². The third-order valence-corrected chi connectivity index (χ3v) is 1.70. The third kappa shape index (κ3) is 2.40. The van der Waals surface area contributed by atoms with Crippen molar-refractivity contribution in [2.45, 2.75) is 25.4 Å². The molecule has 1 aliphatic heterocycles. The van der Waals surface area contributed by atoms with Crippen LogP contribution < -0.4 is 0 Å². The fraction of sp³-hybridized carbons (Fsp3) is 0.750. The molecule has 0 aliphatic carbocycles. The Balaban J connectivity index is 1.80. The maximum atomic E-state index is 5.23. The maximum Gasteiger partial charge on any atom is 0.0873 e. The van der Waals surface area contributed by atoms with Crippen molar-refractivity contribution in [2.24, 2.45) is 0 Å². The van der Waals surface area contributed by atoms with Crippen LogP contribution in [0.5, 0.6) is 0 Å². The molecular formula is C8H14O2. The molecule has 1 heterocycles. The van der Waals surface area contributed by atoms with Crippen molar-refractivity contribution in [1.29, 1.82) is 0 Å². The smallest absolute Gasteiger partial charge is 0.0873 e. The molecule has 0 aromatic carbocycles. The Hall–Kier alpha value is -0.500. The van der Waals surface area contributed by atoms with E-state index in [0.29, 0.717) is 6.10 Å². The molecule has 1 fully saturated rings. The molecule has 1 rings (SSSR count). The van der Waals surface area contributed by atoms with Crippen LogP contribution in [0.2, 0.25) is 0 Å². The number of hydrogen-bond acceptors (Lipinski definition) is 2. The van der Waals surface area contributed by atoms with E-state index in [0.717, 1.165) is 26.1 Å². The zero-order valence-electron chi connectivity index (χ0n) is 6.21. The van der Waals surface area contributed by atoms with Gasteiger partial charge in [-0.15, -0.1) is 0 Å². The van der Waals surface area contributed by atoms with E-state index in [2.05, 4.69) is 6.58 Å². The molecule has 1 atom stereocenters. The Morgan fingerprint density at radius 3 is 3.00 bits per heavy atom. The van der Waals surface area contributed by atoms with Gasteiger partial charge in [0.2, 0.25) is 0 Å². The average Bonchev–Trinajstić information content (AvgIpc) is 1.84. The Kier molecular flexibility index (Phi) is 3.30. The topological polar surface area (TPSA) is 18.5 Å². The van der Waals surface area contributed by atoms with E-state index in [4.69, 9.17) is 9.47 Å². The number of hydrogen-bond donors (Lipinski definition) is 0. The van der Waals surface area contributed by atoms with Crippen LogP contribution in [0.1, 0.15) is 19.3 Å². The van der Waals surface area contributed by atoms with Gasteiger partial charge in [0.25, 0.3) is 0 Å². The summed E-state index contributed by atoms with van der Waals surface area (Å²) in [6.07, 6.45) is 5.45. The first-order valence-electron chi connectivity index (χ1n) is 3.77. The first kappa shape index (κ1) is 7.61. The molecule has 0 aromatic heterocycles. The Morgan fingerprint density at radius 1 is 1.70 bits per heavy atom. The van der Waals surface area contributed by atoms with Crippen LogP contribution in [0.4, 0.5) is 0 Å². The molecule has 0 spiro atoms. The summed E-state index contributed by atoms with van der Waals surface area (Å²) in [7, 11) is 0. The van der Waals surface area contributed by atoms with Crippen molar-refractivity contribution in [3.8, 4) is 0 Å². The van der Waals surface area contributed by atoms with Gasteiger partial charge in [-0.3, -0.25) is 0 Å². The maximum absolute atomic E-state index is 5.23. The molecule has 10 heavy (non-hydrogen) atoms. The lowest BCUT2D eigenvalue weighted by atomic mass is 10.1. The van der Waals surface area contributed by atoms with Crippen molar-refractivity contribution < 1.29 is 9.47 Å². The molecule has 0 radical (unpaired) electrons. The van der Waals surface area contributed by atoms with Crippen molar-refractivity contribution in [2.75, 3.05) is 13.2 Å². The highest BCUT2D eigenvalue weighted by Gasteiger charge is 2.16. The van der Waals surface area contributed by atoms with Gasteiger partial charge in [-0.25, -0.2) is 0 Å². The van der Waals surface area contributed by atoms with E-state index in [9.17, 15) is 0 Å². The highest BCUT2D eigenvalue weighted by atomic mass is 16.5. The molecule has 0 amide bonds. The fourth-order valence-electron chi connectivity index (χ4n) is 0.990. The van der Waals surface area contributed by atoms with Crippen LogP contribution >= 0.6 is 0 Å². The molecule has 0 bridgehead atoms. The SMILES string of the molecule is C=COCCCC1CCO1. The lowest BCUT2D eigenvalue weighted by Gasteiger charge is -2.25. The first-order chi connectivity index (χ1) is 4.93. The molecule has 2 heteroatoms. The zero-order chi connectivity index (χ0) is 7.23. The lowest BCUT2D eigenvalue weighted by Crippen LogP contribution is -2.26. The van der Waals surface area contributed by atoms with Gasteiger partial charge in [-0.05, 0) is 19.3 Å². The number of rotatable bonds is 5. The van der Waals surface area contributed by atoms with Gasteiger partial charge in [0.1, 0.15) is 0 Å². The molecule has 0 saturated carbocycles. The lowest BCUT2D eigenvalue weighted by molar-refractivity contribution is -0.0571. The molecule has 0 N–H and O–H groups in total. The molecule has 58 valence electrons. The predicted molar refractivity (Wildman–Crippen MR) is 39.7 cm³/mol. The average molecular weight is 142 g/mol. The standard InChI is InChI=1S/C8H14O2/c1-2-9-6-3-4-8-5-7-10-8/h2,8H,1,3-7H2. The summed E-state index contributed by atoms with van der Waals surface area (Å²) in [5, 5.41) is 0. The quantitative estimate of drug-likeness (QED) is 0.430. The Labute approximate surface area is 61.8 Å². The van der Waals surface area contributed by atoms with Crippen molar-refractivity contribution in [3.05, 3.63) is 12.8 Å². The first-order valence-corrected chi connectivity index (χ1v) is 3.77. The molecule has 2 nitrogen and oxygen atoms in total. The van der Waals surface area contributed by atoms with E-state index in [1.807, 2.05) is 0 Å². The van der Waals surface area contributed by atoms with Gasteiger partial charge < -0.3 is 9.47 Å². The summed E-state index contributed by atoms with van der Waals surface area (Å²) in [6.45, 7) is 5.19. The van der Waals surface area contributed by atoms with Gasteiger partial charge >= 0.3 is 0 Å². The number of ether oxygens (including phenoxy) is 2. The summed E-state index contributed by atoms with van der Waals surface area (Å²) >= 11 is 0. The predicted octanol–water partition coefficient (Wildman–Crippen LogP) is 1.72. The zero-order valence-corrected chi connectivity index (χ0v) is 6.21. The van der Waals surface area contributed by atoms with Gasteiger partial charge in [0.15, 0.2) is 0 Å². The molecule has 1 saturated heterocycles. The van der Waals surface area contributed by atoms with E-state index >= 15 is 0 Å². The van der Waals surface area contributed by atoms with Crippen LogP contribution in [-0.4, -0.2) is 19.3 Å². The summed E-state index contributed by atoms with van der Waals surface area (Å²) < 4.78 is 10.2. The third-order valence-electron chi connectivity index (χ3n) is 1.70. The Bertz CT molecular complexity index is 97.4. The highest BCUT2D eigenvalue weighted by Crippen LogP contribution is 2.15. The minimum Gasteiger partial charge on any atom is -0.502 e. The Morgan fingerprint density at radius 2 is 2.50 bits per heavy atom. The van der Waals surface area contributed by atoms with Crippen molar-refractivity contribution in [3.63, 3.8) is 0 Å². The van der Waals surface area contributed by atoms with Crippen LogP contribution in [0.25, 0.3) is 0 Å². The minimum atomic E-state index is 0.522. The summed E-state index contributed by atoms with van der Waals surface area (Å²) in [6, 6.07) is 0. The van der Waals surface area contributed by atoms with Gasteiger partial charge in [0, 0.05) is 6.61 Å². The summed E-state index contributed by atoms with van der Waals surface area (Å²) in [5.74, 6) is 0. The van der Waals surface area contributed by atoms with E-state index in [-0.39, 0.29) is 0 Å². The van der Waals surface area contributed by atoms with Crippen LogP contribution in [0.3, 0.4) is 0 Å². The second kappa shape index (κ2) is 4.34. The molecule has 1 aliphatic rings. The monoisotopic (exact) mass is 142 g/mol. The van der Waals surface area contributed by atoms with E-state index in [1.54, 1.807) is 0 Å². The summed E-state index contributed by atoms with van der Waals surface area (Å²) in [4.78, 5) is 0. The van der Waals surface area contributed by atoms with Crippen LogP contribution in [0, 0.1) is 0 Å². The minimum absolute atomic E-state index is 0.522. The second-order valence-corrected chi connectivity index (χ2v) is 2.46.